The summed E-state index contributed by atoms with van der Waals surface area (Å²) >= 11 is 19.8. The van der Waals surface area contributed by atoms with Crippen LogP contribution in [0.4, 0.5) is 5.69 Å². The zero-order valence-electron chi connectivity index (χ0n) is 13.0. The van der Waals surface area contributed by atoms with Crippen LogP contribution in [0.5, 0.6) is 0 Å². The maximum Gasteiger partial charge on any atom is 0.266 e. The van der Waals surface area contributed by atoms with E-state index in [4.69, 9.17) is 34.8 Å². The number of hydrogen-bond acceptors (Lipinski definition) is 4. The Bertz CT molecular complexity index is 878. The summed E-state index contributed by atoms with van der Waals surface area (Å²) in [5, 5.41) is 1.94. The van der Waals surface area contributed by atoms with Gasteiger partial charge in [-0.15, -0.1) is 0 Å². The van der Waals surface area contributed by atoms with Crippen molar-refractivity contribution in [2.24, 2.45) is 4.99 Å². The molecule has 2 heterocycles. The molecule has 0 aliphatic carbocycles. The van der Waals surface area contributed by atoms with Crippen LogP contribution in [-0.2, 0) is 4.79 Å². The van der Waals surface area contributed by atoms with E-state index in [9.17, 15) is 4.79 Å². The highest BCUT2D eigenvalue weighted by molar-refractivity contribution is 8.18. The van der Waals surface area contributed by atoms with E-state index in [1.165, 1.54) is 18.0 Å². The number of rotatable bonds is 3. The predicted octanol–water partition coefficient (Wildman–Crippen LogP) is 5.67. The summed E-state index contributed by atoms with van der Waals surface area (Å²) in [5.41, 5.74) is 1.17. The molecule has 4 nitrogen and oxygen atoms in total. The van der Waals surface area contributed by atoms with E-state index in [-0.39, 0.29) is 5.91 Å². The quantitative estimate of drug-likeness (QED) is 0.610. The topological polar surface area (TPSA) is 45.6 Å². The molecule has 0 unspecified atom stereocenters. The van der Waals surface area contributed by atoms with Crippen LogP contribution in [0, 0.1) is 0 Å². The van der Waals surface area contributed by atoms with Crippen LogP contribution < -0.4 is 0 Å². The molecule has 25 heavy (non-hydrogen) atoms. The van der Waals surface area contributed by atoms with Crippen LogP contribution in [0.3, 0.4) is 0 Å². The molecule has 0 spiro atoms. The van der Waals surface area contributed by atoms with E-state index < -0.39 is 0 Å². The van der Waals surface area contributed by atoms with Gasteiger partial charge in [-0.1, -0.05) is 40.9 Å². The molecular weight excluding hydrogens is 401 g/mol. The highest BCUT2D eigenvalue weighted by Crippen LogP contribution is 2.37. The maximum atomic E-state index is 12.7. The van der Waals surface area contributed by atoms with Gasteiger partial charge in [0.15, 0.2) is 5.17 Å². The number of carbonyl (C=O) groups is 1. The van der Waals surface area contributed by atoms with E-state index in [1.807, 2.05) is 6.92 Å². The summed E-state index contributed by atoms with van der Waals surface area (Å²) in [4.78, 5) is 23.2. The van der Waals surface area contributed by atoms with Crippen LogP contribution >= 0.6 is 46.6 Å². The van der Waals surface area contributed by atoms with Crippen LogP contribution in [-0.4, -0.2) is 27.5 Å². The van der Waals surface area contributed by atoms with E-state index in [0.29, 0.717) is 42.9 Å². The third kappa shape index (κ3) is 3.85. The van der Waals surface area contributed by atoms with Gasteiger partial charge in [-0.25, -0.2) is 4.99 Å². The Kier molecular flexibility index (Phi) is 5.69. The molecule has 0 bridgehead atoms. The van der Waals surface area contributed by atoms with Crippen molar-refractivity contribution in [3.63, 3.8) is 0 Å². The van der Waals surface area contributed by atoms with Crippen LogP contribution in [0.2, 0.25) is 15.1 Å². The first-order valence-corrected chi connectivity index (χ1v) is 9.30. The van der Waals surface area contributed by atoms with Crippen molar-refractivity contribution in [3.8, 4) is 0 Å². The summed E-state index contributed by atoms with van der Waals surface area (Å²) in [5.74, 6) is -0.146. The highest BCUT2D eigenvalue weighted by atomic mass is 35.5. The fourth-order valence-corrected chi connectivity index (χ4v) is 3.92. The van der Waals surface area contributed by atoms with Crippen molar-refractivity contribution in [2.75, 3.05) is 6.54 Å². The van der Waals surface area contributed by atoms with Gasteiger partial charge in [0.2, 0.25) is 0 Å². The molecule has 128 valence electrons. The number of nitrogens with zero attached hydrogens (tertiary/aromatic N) is 3. The number of thioether (sulfide) groups is 1. The second-order valence-corrected chi connectivity index (χ2v) is 7.25. The number of amides is 1. The second kappa shape index (κ2) is 7.79. The molecule has 0 radical (unpaired) electrons. The molecule has 1 aromatic heterocycles. The summed E-state index contributed by atoms with van der Waals surface area (Å²) in [6.07, 6.45) is 4.80. The minimum atomic E-state index is -0.146. The van der Waals surface area contributed by atoms with Crippen LogP contribution in [0.15, 0.2) is 46.6 Å². The van der Waals surface area contributed by atoms with Gasteiger partial charge in [0.05, 0.1) is 15.6 Å². The second-order valence-electron chi connectivity index (χ2n) is 5.02. The lowest BCUT2D eigenvalue weighted by Gasteiger charge is -2.12. The summed E-state index contributed by atoms with van der Waals surface area (Å²) in [6, 6.07) is 6.91. The van der Waals surface area contributed by atoms with Crippen molar-refractivity contribution >= 4 is 69.4 Å². The molecular formula is C17H12Cl3N3OS. The van der Waals surface area contributed by atoms with Gasteiger partial charge < -0.3 is 0 Å². The average molecular weight is 413 g/mol. The predicted molar refractivity (Wildman–Crippen MR) is 106 cm³/mol. The number of pyridine rings is 1. The number of hydrogen-bond donors (Lipinski definition) is 0. The lowest BCUT2D eigenvalue weighted by atomic mass is 10.2. The lowest BCUT2D eigenvalue weighted by molar-refractivity contribution is -0.122. The van der Waals surface area contributed by atoms with E-state index in [0.717, 1.165) is 0 Å². The van der Waals surface area contributed by atoms with Gasteiger partial charge in [0, 0.05) is 34.5 Å². The van der Waals surface area contributed by atoms with Gasteiger partial charge in [-0.2, -0.15) is 0 Å². The number of carbonyl (C=O) groups excluding carboxylic acids is 1. The molecule has 1 fully saturated rings. The monoisotopic (exact) mass is 411 g/mol. The van der Waals surface area contributed by atoms with E-state index >= 15 is 0 Å². The zero-order chi connectivity index (χ0) is 18.0. The first kappa shape index (κ1) is 18.3. The first-order chi connectivity index (χ1) is 12.0. The number of aliphatic imine (C=N–C) groups is 1. The summed E-state index contributed by atoms with van der Waals surface area (Å²) in [7, 11) is 0. The van der Waals surface area contributed by atoms with Gasteiger partial charge in [-0.05, 0) is 43.0 Å². The minimum Gasteiger partial charge on any atom is -0.287 e. The Hall–Kier alpha value is -1.53. The molecule has 1 aliphatic rings. The van der Waals surface area contributed by atoms with Crippen molar-refractivity contribution in [3.05, 3.63) is 62.2 Å². The van der Waals surface area contributed by atoms with Gasteiger partial charge in [0.1, 0.15) is 0 Å². The fraction of sp³-hybridized carbons (Fsp3) is 0.118. The Morgan fingerprint density at radius 3 is 2.56 bits per heavy atom. The molecule has 2 aromatic rings. The number of likely N-dealkylation sites (N-methyl/N-ethyl adjacent to an activating group) is 1. The zero-order valence-corrected chi connectivity index (χ0v) is 16.1. The SMILES string of the molecule is CCN1C(=O)/C(=C/c2c(Cl)cccc2Cl)SC1=Nc1ccncc1Cl. The molecule has 0 N–H and O–H groups in total. The third-order valence-electron chi connectivity index (χ3n) is 3.45. The number of benzene rings is 1. The van der Waals surface area contributed by atoms with Gasteiger partial charge >= 0.3 is 0 Å². The molecule has 1 amide bonds. The minimum absolute atomic E-state index is 0.146. The summed E-state index contributed by atoms with van der Waals surface area (Å²) < 4.78 is 0. The standard InChI is InChI=1S/C17H12Cl3N3OS/c1-2-23-16(24)15(8-10-11(18)4-3-5-12(10)19)25-17(23)22-14-6-7-21-9-13(14)20/h3-9H,2H2,1H3/b15-8-,22-17?. The first-order valence-electron chi connectivity index (χ1n) is 7.35. The third-order valence-corrected chi connectivity index (χ3v) is 5.40. The van der Waals surface area contributed by atoms with E-state index in [1.54, 1.807) is 41.4 Å². The van der Waals surface area contributed by atoms with Crippen molar-refractivity contribution < 1.29 is 4.79 Å². The molecule has 0 atom stereocenters. The molecule has 1 aromatic carbocycles. The van der Waals surface area contributed by atoms with Crippen LogP contribution in [0.25, 0.3) is 6.08 Å². The Labute approximate surface area is 164 Å². The van der Waals surface area contributed by atoms with Crippen LogP contribution in [0.1, 0.15) is 12.5 Å². The largest absolute Gasteiger partial charge is 0.287 e. The summed E-state index contributed by atoms with van der Waals surface area (Å²) in [6.45, 7) is 2.37. The Morgan fingerprint density at radius 2 is 1.92 bits per heavy atom. The van der Waals surface area contributed by atoms with Crippen molar-refractivity contribution in [1.29, 1.82) is 0 Å². The Morgan fingerprint density at radius 1 is 1.20 bits per heavy atom. The van der Waals surface area contributed by atoms with Crippen molar-refractivity contribution in [2.45, 2.75) is 6.92 Å². The molecule has 1 saturated heterocycles. The maximum absolute atomic E-state index is 12.7. The smallest absolute Gasteiger partial charge is 0.266 e. The molecule has 0 saturated carbocycles. The van der Waals surface area contributed by atoms with Crippen molar-refractivity contribution in [1.82, 2.24) is 9.88 Å². The fourth-order valence-electron chi connectivity index (χ4n) is 2.21. The molecule has 3 rings (SSSR count). The number of aromatic nitrogens is 1. The highest BCUT2D eigenvalue weighted by Gasteiger charge is 2.32. The molecule has 8 heteroatoms. The normalized spacial score (nSPS) is 17.8. The number of amidine groups is 1. The number of halogens is 3. The average Bonchev–Trinajstić information content (AvgIpc) is 2.88. The van der Waals surface area contributed by atoms with Gasteiger partial charge in [0.25, 0.3) is 5.91 Å². The van der Waals surface area contributed by atoms with Gasteiger partial charge in [-0.3, -0.25) is 14.7 Å². The Balaban J connectivity index is 2.01. The van der Waals surface area contributed by atoms with E-state index in [2.05, 4.69) is 9.98 Å². The lowest BCUT2D eigenvalue weighted by Crippen LogP contribution is -2.28. The molecule has 1 aliphatic heterocycles.